The molecule has 0 unspecified atom stereocenters. The Labute approximate surface area is 99.5 Å². The van der Waals surface area contributed by atoms with Crippen LogP contribution in [0.15, 0.2) is 24.3 Å². The summed E-state index contributed by atoms with van der Waals surface area (Å²) in [5.41, 5.74) is 2.60. The van der Waals surface area contributed by atoms with Crippen LogP contribution in [0.3, 0.4) is 0 Å². The highest BCUT2D eigenvalue weighted by Gasteiger charge is 2.24. The second kappa shape index (κ2) is 3.99. The molecule has 2 nitrogen and oxygen atoms in total. The van der Waals surface area contributed by atoms with Gasteiger partial charge in [-0.1, -0.05) is 12.1 Å². The Morgan fingerprint density at radius 3 is 2.94 bits per heavy atom. The summed E-state index contributed by atoms with van der Waals surface area (Å²) in [4.78, 5) is 11.7. The van der Waals surface area contributed by atoms with Crippen molar-refractivity contribution in [2.45, 2.75) is 31.7 Å². The molecule has 88 valence electrons. The van der Waals surface area contributed by atoms with E-state index >= 15 is 0 Å². The van der Waals surface area contributed by atoms with E-state index < -0.39 is 0 Å². The SMILES string of the molecule is O=C(/C=C1/CCc2c(F)cccc21)NC1CC1. The van der Waals surface area contributed by atoms with Crippen LogP contribution >= 0.6 is 0 Å². The number of fused-ring (bicyclic) bond motifs is 1. The third-order valence-electron chi connectivity index (χ3n) is 3.34. The molecule has 0 saturated heterocycles. The van der Waals surface area contributed by atoms with Crippen molar-refractivity contribution in [2.24, 2.45) is 0 Å². The second-order valence-electron chi connectivity index (χ2n) is 4.72. The average molecular weight is 231 g/mol. The van der Waals surface area contributed by atoms with Gasteiger partial charge in [-0.05, 0) is 48.4 Å². The van der Waals surface area contributed by atoms with Crippen LogP contribution in [0, 0.1) is 5.82 Å². The van der Waals surface area contributed by atoms with Gasteiger partial charge >= 0.3 is 0 Å². The predicted octanol–water partition coefficient (Wildman–Crippen LogP) is 2.43. The Morgan fingerprint density at radius 1 is 1.35 bits per heavy atom. The molecule has 0 bridgehead atoms. The Morgan fingerprint density at radius 2 is 2.18 bits per heavy atom. The van der Waals surface area contributed by atoms with Crippen LogP contribution < -0.4 is 5.32 Å². The molecule has 0 aliphatic heterocycles. The third kappa shape index (κ3) is 2.09. The van der Waals surface area contributed by atoms with Crippen molar-refractivity contribution in [2.75, 3.05) is 0 Å². The number of nitrogens with one attached hydrogen (secondary N) is 1. The number of halogens is 1. The summed E-state index contributed by atoms with van der Waals surface area (Å²) >= 11 is 0. The van der Waals surface area contributed by atoms with Crippen molar-refractivity contribution >= 4 is 11.5 Å². The maximum Gasteiger partial charge on any atom is 0.244 e. The maximum atomic E-state index is 13.5. The fourth-order valence-corrected chi connectivity index (χ4v) is 2.29. The lowest BCUT2D eigenvalue weighted by molar-refractivity contribution is -0.116. The highest BCUT2D eigenvalue weighted by molar-refractivity contribution is 5.96. The summed E-state index contributed by atoms with van der Waals surface area (Å²) in [5.74, 6) is -0.201. The summed E-state index contributed by atoms with van der Waals surface area (Å²) in [7, 11) is 0. The predicted molar refractivity (Wildman–Crippen MR) is 63.9 cm³/mol. The molecule has 0 spiro atoms. The van der Waals surface area contributed by atoms with E-state index in [4.69, 9.17) is 0 Å². The molecule has 1 saturated carbocycles. The van der Waals surface area contributed by atoms with E-state index in [-0.39, 0.29) is 11.7 Å². The van der Waals surface area contributed by atoms with Crippen molar-refractivity contribution in [1.82, 2.24) is 5.32 Å². The minimum Gasteiger partial charge on any atom is -0.350 e. The molecule has 1 amide bonds. The maximum absolute atomic E-state index is 13.5. The molecule has 3 heteroatoms. The van der Waals surface area contributed by atoms with E-state index in [0.717, 1.165) is 36.0 Å². The molecule has 2 aliphatic carbocycles. The summed E-state index contributed by atoms with van der Waals surface area (Å²) in [5, 5.41) is 2.92. The lowest BCUT2D eigenvalue weighted by atomic mass is 10.1. The van der Waals surface area contributed by atoms with Gasteiger partial charge in [0.1, 0.15) is 5.82 Å². The van der Waals surface area contributed by atoms with E-state index in [2.05, 4.69) is 5.32 Å². The Bertz CT molecular complexity index is 503. The number of allylic oxidation sites excluding steroid dienone is 1. The molecule has 1 aromatic rings. The van der Waals surface area contributed by atoms with Gasteiger partial charge in [0.25, 0.3) is 0 Å². The second-order valence-corrected chi connectivity index (χ2v) is 4.72. The van der Waals surface area contributed by atoms with E-state index in [0.29, 0.717) is 12.5 Å². The molecule has 0 radical (unpaired) electrons. The first kappa shape index (κ1) is 10.5. The zero-order valence-electron chi connectivity index (χ0n) is 9.50. The van der Waals surface area contributed by atoms with Crippen molar-refractivity contribution in [1.29, 1.82) is 0 Å². The van der Waals surface area contributed by atoms with Crippen LogP contribution in [-0.4, -0.2) is 11.9 Å². The number of hydrogen-bond donors (Lipinski definition) is 1. The van der Waals surface area contributed by atoms with Gasteiger partial charge in [-0.15, -0.1) is 0 Å². The first-order valence-corrected chi connectivity index (χ1v) is 6.03. The molecule has 17 heavy (non-hydrogen) atoms. The summed E-state index contributed by atoms with van der Waals surface area (Å²) in [6, 6.07) is 5.44. The number of benzene rings is 1. The summed E-state index contributed by atoms with van der Waals surface area (Å²) in [6.45, 7) is 0. The first-order valence-electron chi connectivity index (χ1n) is 6.03. The zero-order chi connectivity index (χ0) is 11.8. The van der Waals surface area contributed by atoms with Gasteiger partial charge in [0.05, 0.1) is 0 Å². The van der Waals surface area contributed by atoms with Crippen LogP contribution in [0.4, 0.5) is 4.39 Å². The molecule has 1 N–H and O–H groups in total. The number of rotatable bonds is 2. The Balaban J connectivity index is 1.84. The van der Waals surface area contributed by atoms with E-state index in [1.165, 1.54) is 6.07 Å². The highest BCUT2D eigenvalue weighted by Crippen LogP contribution is 2.33. The van der Waals surface area contributed by atoms with E-state index in [9.17, 15) is 9.18 Å². The molecule has 0 aromatic heterocycles. The van der Waals surface area contributed by atoms with Crippen LogP contribution in [0.25, 0.3) is 5.57 Å². The number of amides is 1. The van der Waals surface area contributed by atoms with Crippen LogP contribution in [0.1, 0.15) is 30.4 Å². The summed E-state index contributed by atoms with van der Waals surface area (Å²) < 4.78 is 13.5. The fourth-order valence-electron chi connectivity index (χ4n) is 2.29. The average Bonchev–Trinajstić information content (AvgIpc) is 3.00. The molecule has 1 aromatic carbocycles. The van der Waals surface area contributed by atoms with Gasteiger partial charge in [-0.2, -0.15) is 0 Å². The zero-order valence-corrected chi connectivity index (χ0v) is 9.50. The van der Waals surface area contributed by atoms with Crippen molar-refractivity contribution in [3.8, 4) is 0 Å². The third-order valence-corrected chi connectivity index (χ3v) is 3.34. The van der Waals surface area contributed by atoms with Gasteiger partial charge in [-0.25, -0.2) is 4.39 Å². The van der Waals surface area contributed by atoms with Gasteiger partial charge in [0.2, 0.25) is 5.91 Å². The quantitative estimate of drug-likeness (QED) is 0.778. The van der Waals surface area contributed by atoms with E-state index in [1.807, 2.05) is 6.07 Å². The smallest absolute Gasteiger partial charge is 0.244 e. The molecule has 2 aliphatic rings. The van der Waals surface area contributed by atoms with Crippen molar-refractivity contribution in [3.05, 3.63) is 41.2 Å². The molecule has 0 heterocycles. The standard InChI is InChI=1S/C14H14FNO/c15-13-3-1-2-11-9(4-7-12(11)13)8-14(17)16-10-5-6-10/h1-3,8,10H,4-7H2,(H,16,17)/b9-8-. The van der Waals surface area contributed by atoms with Gasteiger partial charge in [0, 0.05) is 12.1 Å². The minimum atomic E-state index is -0.159. The van der Waals surface area contributed by atoms with Gasteiger partial charge in [-0.3, -0.25) is 4.79 Å². The molecule has 1 fully saturated rings. The van der Waals surface area contributed by atoms with Crippen LogP contribution in [-0.2, 0) is 11.2 Å². The van der Waals surface area contributed by atoms with E-state index in [1.54, 1.807) is 12.1 Å². The largest absolute Gasteiger partial charge is 0.350 e. The monoisotopic (exact) mass is 231 g/mol. The Hall–Kier alpha value is -1.64. The minimum absolute atomic E-state index is 0.0420. The lowest BCUT2D eigenvalue weighted by Gasteiger charge is -2.02. The lowest BCUT2D eigenvalue weighted by Crippen LogP contribution is -2.23. The number of carbonyl (C=O) groups is 1. The fraction of sp³-hybridized carbons (Fsp3) is 0.357. The summed E-state index contributed by atoms with van der Waals surface area (Å²) in [6.07, 6.45) is 5.25. The molecule has 0 atom stereocenters. The van der Waals surface area contributed by atoms with Crippen molar-refractivity contribution in [3.63, 3.8) is 0 Å². The molecular formula is C14H14FNO. The van der Waals surface area contributed by atoms with Gasteiger partial charge in [0.15, 0.2) is 0 Å². The van der Waals surface area contributed by atoms with Crippen LogP contribution in [0.5, 0.6) is 0 Å². The normalized spacial score (nSPS) is 20.4. The highest BCUT2D eigenvalue weighted by atomic mass is 19.1. The molecular weight excluding hydrogens is 217 g/mol. The van der Waals surface area contributed by atoms with Gasteiger partial charge < -0.3 is 5.32 Å². The van der Waals surface area contributed by atoms with Crippen molar-refractivity contribution < 1.29 is 9.18 Å². The topological polar surface area (TPSA) is 29.1 Å². The molecule has 3 rings (SSSR count). The number of carbonyl (C=O) groups excluding carboxylic acids is 1. The Kier molecular flexibility index (Phi) is 2.46. The number of hydrogen-bond acceptors (Lipinski definition) is 1. The first-order chi connectivity index (χ1) is 8.24. The van der Waals surface area contributed by atoms with Crippen LogP contribution in [0.2, 0.25) is 0 Å².